The second-order valence-corrected chi connectivity index (χ2v) is 5.42. The van der Waals surface area contributed by atoms with Gasteiger partial charge >= 0.3 is 6.03 Å². The van der Waals surface area contributed by atoms with Gasteiger partial charge in [-0.25, -0.2) is 14.2 Å². The van der Waals surface area contributed by atoms with E-state index in [1.165, 1.54) is 28.2 Å². The van der Waals surface area contributed by atoms with Crippen LogP contribution in [0, 0.1) is 5.82 Å². The number of rotatable bonds is 1. The lowest BCUT2D eigenvalue weighted by molar-refractivity contribution is 0.198. The number of para-hydroxylation sites is 2. The van der Waals surface area contributed by atoms with Gasteiger partial charge in [-0.15, -0.1) is 0 Å². The van der Waals surface area contributed by atoms with Crippen molar-refractivity contribution in [1.29, 1.82) is 0 Å². The Balaban J connectivity index is 1.85. The number of hydrogen-bond donors (Lipinski definition) is 0. The molecule has 0 saturated carbocycles. The molecule has 0 N–H and O–H groups in total. The average Bonchev–Trinajstić information content (AvgIpc) is 2.83. The number of hydrazine groups is 1. The molecule has 2 aliphatic heterocycles. The molecule has 0 aromatic heterocycles. The lowest BCUT2D eigenvalue weighted by Gasteiger charge is -2.40. The number of ether oxygens (including phenoxy) is 1. The van der Waals surface area contributed by atoms with Crippen LogP contribution < -0.4 is 14.6 Å². The molecule has 0 saturated heterocycles. The minimum Gasteiger partial charge on any atom is -0.487 e. The van der Waals surface area contributed by atoms with E-state index >= 15 is 0 Å². The maximum Gasteiger partial charge on any atom is 0.343 e. The van der Waals surface area contributed by atoms with Gasteiger partial charge in [-0.3, -0.25) is 9.91 Å². The van der Waals surface area contributed by atoms with E-state index in [0.29, 0.717) is 22.9 Å². The smallest absolute Gasteiger partial charge is 0.343 e. The average molecular weight is 328 g/mol. The van der Waals surface area contributed by atoms with Crippen LogP contribution in [0.2, 0.25) is 0 Å². The summed E-state index contributed by atoms with van der Waals surface area (Å²) >= 11 is 0. The molecule has 0 bridgehead atoms. The lowest BCUT2D eigenvalue weighted by atomic mass is 10.1. The van der Waals surface area contributed by atoms with E-state index in [1.54, 1.807) is 36.5 Å². The maximum absolute atomic E-state index is 14.5. The predicted octanol–water partition coefficient (Wildman–Crippen LogP) is 3.53. The number of fused-ring (bicyclic) bond motifs is 2. The zero-order valence-corrected chi connectivity index (χ0v) is 12.6. The first-order valence-corrected chi connectivity index (χ1v) is 7.44. The third-order valence-corrected chi connectivity index (χ3v) is 4.01. The molecule has 2 aromatic carbocycles. The van der Waals surface area contributed by atoms with Crippen molar-refractivity contribution in [1.82, 2.24) is 5.01 Å². The number of amides is 2. The molecule has 122 valence electrons. The van der Waals surface area contributed by atoms with Gasteiger partial charge in [-0.2, -0.15) is 0 Å². The Kier molecular flexibility index (Phi) is 2.67. The van der Waals surface area contributed by atoms with Gasteiger partial charge < -0.3 is 4.74 Å². The normalized spacial score (nSPS) is 18.8. The maximum atomic E-state index is 14.5. The number of benzene rings is 2. The first-order chi connectivity index (χ1) is 12.9. The monoisotopic (exact) mass is 328 g/mol. The van der Waals surface area contributed by atoms with Crippen molar-refractivity contribution in [2.45, 2.75) is 6.54 Å². The number of carbonyl (C=O) groups is 1. The van der Waals surface area contributed by atoms with Crippen molar-refractivity contribution in [2.75, 3.05) is 23.5 Å². The van der Waals surface area contributed by atoms with Crippen LogP contribution in [0.4, 0.5) is 20.6 Å². The Morgan fingerprint density at radius 3 is 2.88 bits per heavy atom. The highest BCUT2D eigenvalue weighted by molar-refractivity contribution is 5.95. The summed E-state index contributed by atoms with van der Waals surface area (Å²) in [5, 5.41) is 2.70. The van der Waals surface area contributed by atoms with E-state index < -0.39 is 18.8 Å². The molecule has 24 heavy (non-hydrogen) atoms. The van der Waals surface area contributed by atoms with E-state index in [0.717, 1.165) is 0 Å². The Labute approximate surface area is 143 Å². The molecule has 2 aliphatic rings. The molecule has 0 unspecified atom stereocenters. The Hall–Kier alpha value is -3.02. The van der Waals surface area contributed by atoms with Gasteiger partial charge in [-0.1, -0.05) is 18.2 Å². The van der Waals surface area contributed by atoms with Gasteiger partial charge in [0.05, 0.1) is 12.2 Å². The molecule has 6 heteroatoms. The van der Waals surface area contributed by atoms with Crippen LogP contribution in [0.1, 0.15) is 9.68 Å². The van der Waals surface area contributed by atoms with Gasteiger partial charge in [0.15, 0.2) is 0 Å². The van der Waals surface area contributed by atoms with Crippen LogP contribution in [0.15, 0.2) is 54.7 Å². The Bertz CT molecular complexity index is 932. The quantitative estimate of drug-likeness (QED) is 0.803. The zero-order chi connectivity index (χ0) is 19.2. The van der Waals surface area contributed by atoms with E-state index in [-0.39, 0.29) is 17.8 Å². The first kappa shape index (κ1) is 11.5. The van der Waals surface area contributed by atoms with Crippen molar-refractivity contribution >= 4 is 17.4 Å². The molecule has 0 spiro atoms. The van der Waals surface area contributed by atoms with Gasteiger partial charge in [0.1, 0.15) is 23.9 Å². The fraction of sp³-hybridized carbons (Fsp3) is 0.167. The molecule has 0 aliphatic carbocycles. The summed E-state index contributed by atoms with van der Waals surface area (Å²) in [7, 11) is 0. The fourth-order valence-corrected chi connectivity index (χ4v) is 2.86. The molecule has 0 radical (unpaired) electrons. The lowest BCUT2D eigenvalue weighted by Crippen LogP contribution is -2.52. The number of urea groups is 1. The molecule has 0 atom stereocenters. The Morgan fingerprint density at radius 1 is 1.17 bits per heavy atom. The third-order valence-electron chi connectivity index (χ3n) is 4.01. The summed E-state index contributed by atoms with van der Waals surface area (Å²) < 4.78 is 43.4. The third kappa shape index (κ3) is 2.19. The minimum absolute atomic E-state index is 0.0552. The van der Waals surface area contributed by atoms with Crippen molar-refractivity contribution in [3.63, 3.8) is 0 Å². The van der Waals surface area contributed by atoms with Crippen LogP contribution in [0.25, 0.3) is 0 Å². The second-order valence-electron chi connectivity index (χ2n) is 5.42. The number of carbonyl (C=O) groups excluding carboxylic acids is 1. The zero-order valence-electron chi connectivity index (χ0n) is 15.6. The number of hydrogen-bond acceptors (Lipinski definition) is 3. The van der Waals surface area contributed by atoms with E-state index in [2.05, 4.69) is 0 Å². The van der Waals surface area contributed by atoms with Gasteiger partial charge in [0, 0.05) is 22.9 Å². The SMILES string of the molecule is [2H]C([2H])([2H])N1C(=O)N(N2C=CCOc3ccccc32)Cc2c(F)cccc21. The number of nitrogens with zero attached hydrogens (tertiary/aromatic N) is 3. The summed E-state index contributed by atoms with van der Waals surface area (Å²) in [5.74, 6) is -0.0300. The topological polar surface area (TPSA) is 36.0 Å². The van der Waals surface area contributed by atoms with Crippen molar-refractivity contribution in [3.8, 4) is 5.75 Å². The second kappa shape index (κ2) is 5.56. The van der Waals surface area contributed by atoms with Crippen molar-refractivity contribution in [2.24, 2.45) is 0 Å². The predicted molar refractivity (Wildman–Crippen MR) is 89.3 cm³/mol. The molecule has 5 nitrogen and oxygen atoms in total. The van der Waals surface area contributed by atoms with Crippen LogP contribution in [0.5, 0.6) is 5.75 Å². The highest BCUT2D eigenvalue weighted by atomic mass is 19.1. The standard InChI is InChI=1S/C18H16FN3O2/c1-20-15-8-4-6-14(19)13(15)12-22(18(20)23)21-10-5-11-24-17-9-3-2-7-16(17)21/h2-10H,11-12H2,1H3/i1D3. The molecular formula is C18H16FN3O2. The van der Waals surface area contributed by atoms with Gasteiger partial charge in [0.25, 0.3) is 0 Å². The fourth-order valence-electron chi connectivity index (χ4n) is 2.86. The highest BCUT2D eigenvalue weighted by Gasteiger charge is 2.34. The van der Waals surface area contributed by atoms with E-state index in [1.807, 2.05) is 0 Å². The molecule has 2 aromatic rings. The van der Waals surface area contributed by atoms with Crippen molar-refractivity contribution < 1.29 is 18.0 Å². The van der Waals surface area contributed by atoms with Crippen LogP contribution in [0.3, 0.4) is 0 Å². The van der Waals surface area contributed by atoms with Crippen LogP contribution in [-0.2, 0) is 6.54 Å². The molecule has 2 amide bonds. The molecule has 0 fully saturated rings. The summed E-state index contributed by atoms with van der Waals surface area (Å²) in [6, 6.07) is 10.4. The summed E-state index contributed by atoms with van der Waals surface area (Å²) in [6.07, 6.45) is 3.32. The molecule has 2 heterocycles. The van der Waals surface area contributed by atoms with E-state index in [4.69, 9.17) is 8.85 Å². The largest absolute Gasteiger partial charge is 0.487 e. The minimum atomic E-state index is -2.76. The summed E-state index contributed by atoms with van der Waals surface area (Å²) in [5.41, 5.74) is 0.758. The van der Waals surface area contributed by atoms with Crippen LogP contribution >= 0.6 is 0 Å². The van der Waals surface area contributed by atoms with E-state index in [9.17, 15) is 9.18 Å². The summed E-state index contributed by atoms with van der Waals surface area (Å²) in [4.78, 5) is 13.8. The molecular weight excluding hydrogens is 309 g/mol. The van der Waals surface area contributed by atoms with Crippen molar-refractivity contribution in [3.05, 3.63) is 66.1 Å². The van der Waals surface area contributed by atoms with Gasteiger partial charge in [-0.05, 0) is 30.3 Å². The number of halogens is 1. The number of anilines is 2. The van der Waals surface area contributed by atoms with Gasteiger partial charge in [0.2, 0.25) is 0 Å². The Morgan fingerprint density at radius 2 is 2.00 bits per heavy atom. The highest BCUT2D eigenvalue weighted by Crippen LogP contribution is 2.36. The molecule has 4 rings (SSSR count). The van der Waals surface area contributed by atoms with Crippen LogP contribution in [-0.4, -0.2) is 24.6 Å². The first-order valence-electron chi connectivity index (χ1n) is 8.94. The summed E-state index contributed by atoms with van der Waals surface area (Å²) in [6.45, 7) is -2.57.